The second-order valence-electron chi connectivity index (χ2n) is 4.95. The SMILES string of the molecule is COC(C)Cc1noc(-c2ccc3ccccc3c2O)n1. The maximum absolute atomic E-state index is 10.4. The smallest absolute Gasteiger partial charge is 0.261 e. The predicted octanol–water partition coefficient (Wildman–Crippen LogP) is 3.17. The second-order valence-corrected chi connectivity index (χ2v) is 4.95. The first-order valence-electron chi connectivity index (χ1n) is 6.75. The van der Waals surface area contributed by atoms with Crippen LogP contribution >= 0.6 is 0 Å². The van der Waals surface area contributed by atoms with Gasteiger partial charge in [0.15, 0.2) is 5.82 Å². The van der Waals surface area contributed by atoms with E-state index in [0.29, 0.717) is 23.7 Å². The minimum Gasteiger partial charge on any atom is -0.506 e. The number of rotatable bonds is 4. The van der Waals surface area contributed by atoms with Crippen molar-refractivity contribution in [1.82, 2.24) is 10.1 Å². The van der Waals surface area contributed by atoms with Gasteiger partial charge in [-0.1, -0.05) is 35.5 Å². The summed E-state index contributed by atoms with van der Waals surface area (Å²) in [5, 5.41) is 16.0. The normalized spacial score (nSPS) is 12.7. The first-order chi connectivity index (χ1) is 10.2. The van der Waals surface area contributed by atoms with Crippen molar-refractivity contribution in [2.24, 2.45) is 0 Å². The van der Waals surface area contributed by atoms with Crippen LogP contribution in [0.2, 0.25) is 0 Å². The van der Waals surface area contributed by atoms with Crippen LogP contribution in [0.4, 0.5) is 0 Å². The zero-order valence-corrected chi connectivity index (χ0v) is 11.9. The Hall–Kier alpha value is -2.40. The fourth-order valence-corrected chi connectivity index (χ4v) is 2.21. The summed E-state index contributed by atoms with van der Waals surface area (Å²) in [6.07, 6.45) is 0.578. The fourth-order valence-electron chi connectivity index (χ4n) is 2.21. The standard InChI is InChI=1S/C16H16N2O3/c1-10(20-2)9-14-17-16(21-18-14)13-8-7-11-5-3-4-6-12(11)15(13)19/h3-8,10,19H,9H2,1-2H3. The molecule has 0 amide bonds. The number of aromatic hydroxyl groups is 1. The van der Waals surface area contributed by atoms with E-state index in [2.05, 4.69) is 10.1 Å². The number of phenolic OH excluding ortho intramolecular Hbond substituents is 1. The van der Waals surface area contributed by atoms with Crippen molar-refractivity contribution in [3.63, 3.8) is 0 Å². The van der Waals surface area contributed by atoms with Crippen LogP contribution in [-0.4, -0.2) is 28.5 Å². The molecule has 21 heavy (non-hydrogen) atoms. The average Bonchev–Trinajstić information content (AvgIpc) is 2.96. The van der Waals surface area contributed by atoms with E-state index in [1.807, 2.05) is 37.3 Å². The Kier molecular flexibility index (Phi) is 3.58. The monoisotopic (exact) mass is 284 g/mol. The van der Waals surface area contributed by atoms with E-state index in [4.69, 9.17) is 9.26 Å². The number of methoxy groups -OCH3 is 1. The van der Waals surface area contributed by atoms with Crippen LogP contribution in [0.3, 0.4) is 0 Å². The van der Waals surface area contributed by atoms with Crippen molar-refractivity contribution in [1.29, 1.82) is 0 Å². The van der Waals surface area contributed by atoms with Crippen molar-refractivity contribution >= 4 is 10.8 Å². The quantitative estimate of drug-likeness (QED) is 0.797. The Bertz CT molecular complexity index is 767. The Morgan fingerprint density at radius 1 is 1.24 bits per heavy atom. The summed E-state index contributed by atoms with van der Waals surface area (Å²) in [6.45, 7) is 1.93. The minimum absolute atomic E-state index is 0.0145. The molecule has 1 N–H and O–H groups in total. The van der Waals surface area contributed by atoms with Crippen molar-refractivity contribution in [2.45, 2.75) is 19.4 Å². The number of fused-ring (bicyclic) bond motifs is 1. The van der Waals surface area contributed by atoms with Crippen molar-refractivity contribution in [2.75, 3.05) is 7.11 Å². The van der Waals surface area contributed by atoms with Crippen LogP contribution in [-0.2, 0) is 11.2 Å². The molecule has 0 radical (unpaired) electrons. The van der Waals surface area contributed by atoms with Crippen molar-refractivity contribution in [3.05, 3.63) is 42.2 Å². The number of hydrogen-bond acceptors (Lipinski definition) is 5. The summed E-state index contributed by atoms with van der Waals surface area (Å²) in [5.74, 6) is 1.03. The van der Waals surface area contributed by atoms with E-state index < -0.39 is 0 Å². The van der Waals surface area contributed by atoms with E-state index in [0.717, 1.165) is 10.8 Å². The summed E-state index contributed by atoms with van der Waals surface area (Å²) < 4.78 is 10.4. The number of benzene rings is 2. The molecule has 0 fully saturated rings. The molecular weight excluding hydrogens is 268 g/mol. The third kappa shape index (κ3) is 2.60. The summed E-state index contributed by atoms with van der Waals surface area (Å²) in [7, 11) is 1.64. The molecule has 1 atom stereocenters. The van der Waals surface area contributed by atoms with Gasteiger partial charge in [0.2, 0.25) is 0 Å². The fraction of sp³-hybridized carbons (Fsp3) is 0.250. The summed E-state index contributed by atoms with van der Waals surface area (Å²) in [4.78, 5) is 4.32. The lowest BCUT2D eigenvalue weighted by Crippen LogP contribution is -2.09. The molecule has 0 saturated heterocycles. The third-order valence-electron chi connectivity index (χ3n) is 3.47. The molecule has 1 unspecified atom stereocenters. The molecule has 1 aromatic heterocycles. The first-order valence-corrected chi connectivity index (χ1v) is 6.75. The Labute approximate surface area is 122 Å². The topological polar surface area (TPSA) is 68.4 Å². The number of nitrogens with zero attached hydrogens (tertiary/aromatic N) is 2. The van der Waals surface area contributed by atoms with E-state index in [9.17, 15) is 5.11 Å². The molecule has 5 heteroatoms. The molecule has 0 aliphatic rings. The van der Waals surface area contributed by atoms with Gasteiger partial charge in [0.1, 0.15) is 5.75 Å². The molecule has 5 nitrogen and oxygen atoms in total. The average molecular weight is 284 g/mol. The molecule has 0 aliphatic heterocycles. The number of aromatic nitrogens is 2. The summed E-state index contributed by atoms with van der Waals surface area (Å²) in [5.41, 5.74) is 0.539. The third-order valence-corrected chi connectivity index (χ3v) is 3.47. The summed E-state index contributed by atoms with van der Waals surface area (Å²) >= 11 is 0. The molecule has 0 aliphatic carbocycles. The predicted molar refractivity (Wildman–Crippen MR) is 79.1 cm³/mol. The van der Waals surface area contributed by atoms with Crippen LogP contribution in [0.25, 0.3) is 22.2 Å². The van der Waals surface area contributed by atoms with Gasteiger partial charge in [-0.25, -0.2) is 0 Å². The van der Waals surface area contributed by atoms with Gasteiger partial charge in [0, 0.05) is 18.9 Å². The van der Waals surface area contributed by atoms with E-state index in [1.165, 1.54) is 0 Å². The van der Waals surface area contributed by atoms with Gasteiger partial charge in [0.25, 0.3) is 5.89 Å². The molecule has 0 bridgehead atoms. The molecule has 0 spiro atoms. The highest BCUT2D eigenvalue weighted by atomic mass is 16.5. The zero-order chi connectivity index (χ0) is 14.8. The highest BCUT2D eigenvalue weighted by Gasteiger charge is 2.16. The zero-order valence-electron chi connectivity index (χ0n) is 11.9. The Morgan fingerprint density at radius 2 is 2.05 bits per heavy atom. The molecule has 0 saturated carbocycles. The van der Waals surface area contributed by atoms with Crippen LogP contribution in [0, 0.1) is 0 Å². The maximum Gasteiger partial charge on any atom is 0.261 e. The molecule has 2 aromatic carbocycles. The van der Waals surface area contributed by atoms with Crippen LogP contribution < -0.4 is 0 Å². The Morgan fingerprint density at radius 3 is 2.86 bits per heavy atom. The van der Waals surface area contributed by atoms with Gasteiger partial charge in [-0.2, -0.15) is 4.98 Å². The molecule has 108 valence electrons. The van der Waals surface area contributed by atoms with Gasteiger partial charge >= 0.3 is 0 Å². The number of ether oxygens (including phenoxy) is 1. The lowest BCUT2D eigenvalue weighted by atomic mass is 10.1. The van der Waals surface area contributed by atoms with Gasteiger partial charge in [-0.3, -0.25) is 0 Å². The Balaban J connectivity index is 1.99. The summed E-state index contributed by atoms with van der Waals surface area (Å²) in [6, 6.07) is 11.3. The van der Waals surface area contributed by atoms with E-state index in [1.54, 1.807) is 13.2 Å². The van der Waals surface area contributed by atoms with Crippen LogP contribution in [0.5, 0.6) is 5.75 Å². The number of phenols is 1. The first kappa shape index (κ1) is 13.6. The van der Waals surface area contributed by atoms with Crippen LogP contribution in [0.15, 0.2) is 40.9 Å². The van der Waals surface area contributed by atoms with E-state index in [-0.39, 0.29) is 11.9 Å². The van der Waals surface area contributed by atoms with Crippen LogP contribution in [0.1, 0.15) is 12.7 Å². The molecular formula is C16H16N2O3. The highest BCUT2D eigenvalue weighted by molar-refractivity contribution is 5.93. The highest BCUT2D eigenvalue weighted by Crippen LogP contribution is 2.34. The minimum atomic E-state index is 0.0145. The van der Waals surface area contributed by atoms with Gasteiger partial charge in [-0.15, -0.1) is 0 Å². The molecule has 3 rings (SSSR count). The van der Waals surface area contributed by atoms with Crippen molar-refractivity contribution < 1.29 is 14.4 Å². The van der Waals surface area contributed by atoms with Gasteiger partial charge in [0.05, 0.1) is 11.7 Å². The second kappa shape index (κ2) is 5.54. The van der Waals surface area contributed by atoms with Crippen molar-refractivity contribution in [3.8, 4) is 17.2 Å². The van der Waals surface area contributed by atoms with E-state index >= 15 is 0 Å². The largest absolute Gasteiger partial charge is 0.506 e. The maximum atomic E-state index is 10.4. The van der Waals surface area contributed by atoms with Gasteiger partial charge in [-0.05, 0) is 18.4 Å². The number of hydrogen-bond donors (Lipinski definition) is 1. The molecule has 3 aromatic rings. The lowest BCUT2D eigenvalue weighted by Gasteiger charge is -2.05. The molecule has 1 heterocycles. The van der Waals surface area contributed by atoms with Gasteiger partial charge < -0.3 is 14.4 Å². The lowest BCUT2D eigenvalue weighted by molar-refractivity contribution is 0.116.